The fourth-order valence-corrected chi connectivity index (χ4v) is 5.05. The third kappa shape index (κ3) is 4.42. The van der Waals surface area contributed by atoms with Gasteiger partial charge in [0, 0.05) is 24.3 Å². The lowest BCUT2D eigenvalue weighted by Gasteiger charge is -2.11. The zero-order valence-corrected chi connectivity index (χ0v) is 16.7. The van der Waals surface area contributed by atoms with Crippen LogP contribution >= 0.6 is 23.1 Å². The number of thioether (sulfide) groups is 1. The van der Waals surface area contributed by atoms with Crippen LogP contribution in [0, 0.1) is 0 Å². The van der Waals surface area contributed by atoms with Crippen molar-refractivity contribution >= 4 is 29.1 Å². The van der Waals surface area contributed by atoms with Gasteiger partial charge in [-0.1, -0.05) is 48.2 Å². The van der Waals surface area contributed by atoms with Gasteiger partial charge in [-0.3, -0.25) is 4.79 Å². The Kier molecular flexibility index (Phi) is 5.59. The second-order valence-electron chi connectivity index (χ2n) is 6.63. The minimum absolute atomic E-state index is 0.0266. The van der Waals surface area contributed by atoms with Crippen LogP contribution in [0.15, 0.2) is 53.0 Å². The van der Waals surface area contributed by atoms with E-state index in [4.69, 9.17) is 4.74 Å². The lowest BCUT2D eigenvalue weighted by Crippen LogP contribution is -2.13. The number of hydrogen-bond donors (Lipinski definition) is 0. The molecule has 3 heterocycles. The van der Waals surface area contributed by atoms with Gasteiger partial charge in [0.15, 0.2) is 5.16 Å². The number of aromatic nitrogens is 3. The summed E-state index contributed by atoms with van der Waals surface area (Å²) in [5, 5.41) is 11.5. The van der Waals surface area contributed by atoms with Crippen LogP contribution < -0.4 is 0 Å². The van der Waals surface area contributed by atoms with E-state index in [2.05, 4.69) is 56.5 Å². The molecule has 1 aliphatic rings. The molecule has 0 bridgehead atoms. The number of carbonyl (C=O) groups excluding carboxylic acids is 1. The van der Waals surface area contributed by atoms with Crippen LogP contribution in [0.5, 0.6) is 0 Å². The van der Waals surface area contributed by atoms with Crippen molar-refractivity contribution in [3.8, 4) is 0 Å². The molecular formula is C20H21N3O2S2. The highest BCUT2D eigenvalue weighted by Gasteiger charge is 2.34. The molecule has 5 nitrogen and oxygen atoms in total. The van der Waals surface area contributed by atoms with Gasteiger partial charge >= 0.3 is 5.97 Å². The van der Waals surface area contributed by atoms with E-state index in [0.29, 0.717) is 0 Å². The average molecular weight is 400 g/mol. The largest absolute Gasteiger partial charge is 0.462 e. The molecule has 0 spiro atoms. The van der Waals surface area contributed by atoms with Gasteiger partial charge < -0.3 is 9.30 Å². The van der Waals surface area contributed by atoms with Crippen molar-refractivity contribution < 1.29 is 9.53 Å². The molecule has 27 heavy (non-hydrogen) atoms. The maximum Gasteiger partial charge on any atom is 0.319 e. The molecular weight excluding hydrogens is 378 g/mol. The van der Waals surface area contributed by atoms with E-state index >= 15 is 0 Å². The number of benzene rings is 1. The Morgan fingerprint density at radius 1 is 1.22 bits per heavy atom. The van der Waals surface area contributed by atoms with Crippen molar-refractivity contribution in [3.05, 3.63) is 64.1 Å². The van der Waals surface area contributed by atoms with Crippen LogP contribution in [0.3, 0.4) is 0 Å². The number of hydrogen-bond acceptors (Lipinski definition) is 6. The van der Waals surface area contributed by atoms with Gasteiger partial charge in [-0.25, -0.2) is 0 Å². The molecule has 2 aromatic heterocycles. The topological polar surface area (TPSA) is 57.0 Å². The smallest absolute Gasteiger partial charge is 0.319 e. The first-order valence-corrected chi connectivity index (χ1v) is 10.8. The van der Waals surface area contributed by atoms with Crippen molar-refractivity contribution in [3.63, 3.8) is 0 Å². The number of thiophene rings is 1. The fourth-order valence-electron chi connectivity index (χ4n) is 3.16. The molecule has 140 valence electrons. The Morgan fingerprint density at radius 2 is 2.07 bits per heavy atom. The third-order valence-electron chi connectivity index (χ3n) is 4.55. The molecule has 1 saturated heterocycles. The predicted octanol–water partition coefficient (Wildman–Crippen LogP) is 3.97. The first kappa shape index (κ1) is 18.3. The van der Waals surface area contributed by atoms with Crippen LogP contribution in [0.2, 0.25) is 0 Å². The van der Waals surface area contributed by atoms with Gasteiger partial charge in [0.05, 0.1) is 0 Å². The number of aryl methyl sites for hydroxylation is 1. The Bertz CT molecular complexity index is 893. The van der Waals surface area contributed by atoms with E-state index < -0.39 is 0 Å². The summed E-state index contributed by atoms with van der Waals surface area (Å²) in [7, 11) is 0. The van der Waals surface area contributed by atoms with E-state index in [-0.39, 0.29) is 17.3 Å². The Hall–Kier alpha value is -2.12. The van der Waals surface area contributed by atoms with Crippen LogP contribution in [-0.2, 0) is 28.9 Å². The molecule has 0 radical (unpaired) electrons. The normalized spacial score (nSPS) is 19.4. The standard InChI is InChI=1S/C20H21N3O2S2/c1-14-12-17(19(24)25-14)27-20-22-21-18(13-16-8-5-11-26-16)23(20)10-9-15-6-3-2-4-7-15/h2-8,11,14,17H,9-10,12-13H2,1H3/t14-,17-/m0/s1. The molecule has 0 N–H and O–H groups in total. The fraction of sp³-hybridized carbons (Fsp3) is 0.350. The van der Waals surface area contributed by atoms with Crippen LogP contribution in [-0.4, -0.2) is 32.1 Å². The number of esters is 1. The molecule has 0 unspecified atom stereocenters. The Morgan fingerprint density at radius 3 is 2.78 bits per heavy atom. The van der Waals surface area contributed by atoms with Gasteiger partial charge in [-0.15, -0.1) is 21.5 Å². The van der Waals surface area contributed by atoms with Crippen molar-refractivity contribution in [1.29, 1.82) is 0 Å². The number of ether oxygens (including phenoxy) is 1. The molecule has 0 aliphatic carbocycles. The second kappa shape index (κ2) is 8.27. The second-order valence-corrected chi connectivity index (χ2v) is 8.83. The van der Waals surface area contributed by atoms with E-state index in [1.54, 1.807) is 11.3 Å². The molecule has 1 aliphatic heterocycles. The lowest BCUT2D eigenvalue weighted by molar-refractivity contribution is -0.140. The third-order valence-corrected chi connectivity index (χ3v) is 6.61. The summed E-state index contributed by atoms with van der Waals surface area (Å²) < 4.78 is 7.45. The summed E-state index contributed by atoms with van der Waals surface area (Å²) in [5.41, 5.74) is 1.28. The molecule has 4 rings (SSSR count). The quantitative estimate of drug-likeness (QED) is 0.563. The summed E-state index contributed by atoms with van der Waals surface area (Å²) in [6, 6.07) is 14.6. The summed E-state index contributed by atoms with van der Waals surface area (Å²) in [6.45, 7) is 2.72. The van der Waals surface area contributed by atoms with Crippen molar-refractivity contribution in [2.24, 2.45) is 0 Å². The van der Waals surface area contributed by atoms with Crippen LogP contribution in [0.25, 0.3) is 0 Å². The van der Waals surface area contributed by atoms with E-state index in [1.807, 2.05) is 13.0 Å². The summed E-state index contributed by atoms with van der Waals surface area (Å²) in [6.07, 6.45) is 2.34. The van der Waals surface area contributed by atoms with E-state index in [1.165, 1.54) is 22.2 Å². The molecule has 3 aromatic rings. The van der Waals surface area contributed by atoms with Gasteiger partial charge in [0.25, 0.3) is 0 Å². The van der Waals surface area contributed by atoms with Crippen molar-refractivity contribution in [1.82, 2.24) is 14.8 Å². The van der Waals surface area contributed by atoms with Gasteiger partial charge in [0.2, 0.25) is 0 Å². The van der Waals surface area contributed by atoms with Crippen LogP contribution in [0.1, 0.15) is 29.6 Å². The zero-order valence-electron chi connectivity index (χ0n) is 15.1. The minimum Gasteiger partial charge on any atom is -0.462 e. The Labute approximate surface area is 166 Å². The number of carbonyl (C=O) groups is 1. The summed E-state index contributed by atoms with van der Waals surface area (Å²) in [5.74, 6) is 0.792. The molecule has 0 saturated carbocycles. The first-order chi connectivity index (χ1) is 13.2. The number of rotatable bonds is 7. The Balaban J connectivity index is 1.55. The zero-order chi connectivity index (χ0) is 18.6. The molecule has 2 atom stereocenters. The molecule has 1 aromatic carbocycles. The van der Waals surface area contributed by atoms with E-state index in [0.717, 1.165) is 36.8 Å². The number of cyclic esters (lactones) is 1. The average Bonchev–Trinajstić information content (AvgIpc) is 3.38. The highest BCUT2D eigenvalue weighted by atomic mass is 32.2. The molecule has 1 fully saturated rings. The monoisotopic (exact) mass is 399 g/mol. The van der Waals surface area contributed by atoms with Gasteiger partial charge in [-0.05, 0) is 30.4 Å². The maximum atomic E-state index is 12.0. The first-order valence-electron chi connectivity index (χ1n) is 9.04. The predicted molar refractivity (Wildman–Crippen MR) is 107 cm³/mol. The molecule has 0 amide bonds. The lowest BCUT2D eigenvalue weighted by atomic mass is 10.1. The van der Waals surface area contributed by atoms with Crippen molar-refractivity contribution in [2.45, 2.75) is 49.2 Å². The van der Waals surface area contributed by atoms with Gasteiger partial charge in [-0.2, -0.15) is 0 Å². The van der Waals surface area contributed by atoms with Crippen LogP contribution in [0.4, 0.5) is 0 Å². The van der Waals surface area contributed by atoms with Gasteiger partial charge in [0.1, 0.15) is 17.2 Å². The summed E-state index contributed by atoms with van der Waals surface area (Å²) >= 11 is 3.20. The summed E-state index contributed by atoms with van der Waals surface area (Å²) in [4.78, 5) is 13.3. The minimum atomic E-state index is -0.200. The SMILES string of the molecule is C[C@H]1C[C@H](Sc2nnc(Cc3cccs3)n2CCc2ccccc2)C(=O)O1. The van der Waals surface area contributed by atoms with Crippen molar-refractivity contribution in [2.75, 3.05) is 0 Å². The number of nitrogens with zero attached hydrogens (tertiary/aromatic N) is 3. The van der Waals surface area contributed by atoms with E-state index in [9.17, 15) is 4.79 Å². The maximum absolute atomic E-state index is 12.0. The highest BCUT2D eigenvalue weighted by molar-refractivity contribution is 8.00. The highest BCUT2D eigenvalue weighted by Crippen LogP contribution is 2.32. The molecule has 7 heteroatoms.